The molecular formula is C64H79N5O13S2. The van der Waals surface area contributed by atoms with E-state index in [-0.39, 0.29) is 55.9 Å². The molecule has 20 heteroatoms. The van der Waals surface area contributed by atoms with Crippen molar-refractivity contribution < 1.29 is 61.8 Å². The first-order chi connectivity index (χ1) is 40.7. The second-order valence-electron chi connectivity index (χ2n) is 22.0. The van der Waals surface area contributed by atoms with Gasteiger partial charge in [0.2, 0.25) is 0 Å². The molecule has 0 bridgehead atoms. The lowest BCUT2D eigenvalue weighted by molar-refractivity contribution is -0.146. The zero-order chi connectivity index (χ0) is 59.3. The number of carbonyl (C=O) groups excluding carboxylic acids is 4. The van der Waals surface area contributed by atoms with Crippen LogP contribution in [0.3, 0.4) is 0 Å². The maximum atomic E-state index is 14.5. The third kappa shape index (κ3) is 14.9. The monoisotopic (exact) mass is 1190 g/mol. The molecular weight excluding hydrogens is 1110 g/mol. The first-order valence-electron chi connectivity index (χ1n) is 28.7. The van der Waals surface area contributed by atoms with Gasteiger partial charge in [0.15, 0.2) is 28.8 Å². The third-order valence-electron chi connectivity index (χ3n) is 15.3. The number of hydrogen-bond acceptors (Lipinski definition) is 18. The molecule has 4 heterocycles. The maximum absolute atomic E-state index is 14.5. The van der Waals surface area contributed by atoms with Crippen molar-refractivity contribution in [3.8, 4) is 23.0 Å². The molecule has 0 aromatic heterocycles. The van der Waals surface area contributed by atoms with Crippen LogP contribution in [0.2, 0.25) is 0 Å². The second kappa shape index (κ2) is 28.9. The van der Waals surface area contributed by atoms with Crippen molar-refractivity contribution in [2.45, 2.75) is 76.5 Å². The molecule has 450 valence electrons. The predicted molar refractivity (Wildman–Crippen MR) is 330 cm³/mol. The molecule has 1 N–H and O–H groups in total. The van der Waals surface area contributed by atoms with Gasteiger partial charge in [0.25, 0.3) is 11.8 Å². The number of hydrogen-bond donors (Lipinski definition) is 1. The Kier molecular flexibility index (Phi) is 21.3. The second-order valence-corrected chi connectivity index (χ2v) is 25.1. The minimum Gasteiger partial charge on any atom is -0.493 e. The van der Waals surface area contributed by atoms with Crippen LogP contribution >= 0.6 is 21.6 Å². The Balaban J connectivity index is 1.01. The molecule has 4 aliphatic heterocycles. The van der Waals surface area contributed by atoms with Crippen LogP contribution in [0.4, 0.5) is 28.4 Å². The number of nitrogens with zero attached hydrogens (tertiary/aromatic N) is 4. The van der Waals surface area contributed by atoms with Crippen LogP contribution in [0, 0.1) is 5.92 Å². The summed E-state index contributed by atoms with van der Waals surface area (Å²) in [4.78, 5) is 62.9. The van der Waals surface area contributed by atoms with Gasteiger partial charge >= 0.3 is 5.97 Å². The quantitative estimate of drug-likeness (QED) is 0.0252. The molecule has 0 saturated heterocycles. The van der Waals surface area contributed by atoms with Gasteiger partial charge in [-0.1, -0.05) is 64.9 Å². The Bertz CT molecular complexity index is 3130. The van der Waals surface area contributed by atoms with E-state index in [4.69, 9.17) is 42.6 Å². The maximum Gasteiger partial charge on any atom is 0.309 e. The topological polar surface area (TPSA) is 176 Å². The first-order valence-corrected chi connectivity index (χ1v) is 31.0. The number of rotatable bonds is 31. The van der Waals surface area contributed by atoms with Gasteiger partial charge in [-0.05, 0) is 97.8 Å². The molecule has 1 unspecified atom stereocenters. The predicted octanol–water partition coefficient (Wildman–Crippen LogP) is 9.70. The standard InChI is InChI=1S/C64H79N5O13S2/c1-9-19-80-39-50(70)30-46(63(73)77-8)40-83-84-64(2,3)41-67(18-20-78-23-24-79-22-21-74-5)47-26-42(37-81-59-33-53-51(31-57(59)75-6)61(71)68-48(35-65-53)28-44-14-10-12-16-54(44)68)25-43(27-47)38-82-60-34-56-52(32-58(60)76-7)62(72)69-49(36-66(56)4)29-45-15-11-13-17-55(45)69/h10-17,25-27,31-34,46,48-49,65H,9,18-24,28-30,35-41H2,1-8H3/t46?,48-,49-/m0/s1. The van der Waals surface area contributed by atoms with Crippen molar-refractivity contribution in [2.24, 2.45) is 5.92 Å². The summed E-state index contributed by atoms with van der Waals surface area (Å²) >= 11 is 0. The average Bonchev–Trinajstić information content (AvgIpc) is 1.88. The highest BCUT2D eigenvalue weighted by atomic mass is 33.1. The molecule has 0 radical (unpaired) electrons. The molecule has 0 spiro atoms. The van der Waals surface area contributed by atoms with Crippen LogP contribution < -0.4 is 43.9 Å². The highest BCUT2D eigenvalue weighted by Gasteiger charge is 2.41. The van der Waals surface area contributed by atoms with E-state index in [1.807, 2.05) is 78.4 Å². The van der Waals surface area contributed by atoms with Crippen molar-refractivity contribution >= 4 is 73.6 Å². The van der Waals surface area contributed by atoms with Gasteiger partial charge in [-0.2, -0.15) is 0 Å². The Morgan fingerprint density at radius 2 is 1.31 bits per heavy atom. The van der Waals surface area contributed by atoms with Crippen LogP contribution in [0.15, 0.2) is 91.0 Å². The van der Waals surface area contributed by atoms with E-state index in [0.717, 1.165) is 64.3 Å². The molecule has 9 rings (SSSR count). The molecule has 0 aliphatic carbocycles. The van der Waals surface area contributed by atoms with E-state index in [2.05, 4.69) is 53.2 Å². The van der Waals surface area contributed by atoms with E-state index in [1.54, 1.807) is 44.3 Å². The highest BCUT2D eigenvalue weighted by molar-refractivity contribution is 8.77. The Hall–Kier alpha value is -6.68. The summed E-state index contributed by atoms with van der Waals surface area (Å²) in [5, 5.41) is 3.55. The third-order valence-corrected chi connectivity index (χ3v) is 18.6. The van der Waals surface area contributed by atoms with Crippen LogP contribution in [-0.4, -0.2) is 154 Å². The average molecular weight is 1190 g/mol. The summed E-state index contributed by atoms with van der Waals surface area (Å²) in [5.41, 5.74) is 9.14. The molecule has 4 aliphatic rings. The highest BCUT2D eigenvalue weighted by Crippen LogP contribution is 2.45. The molecule has 0 fully saturated rings. The number of benzene rings is 5. The molecule has 18 nitrogen and oxygen atoms in total. The Morgan fingerprint density at radius 1 is 0.702 bits per heavy atom. The summed E-state index contributed by atoms with van der Waals surface area (Å²) in [6.07, 6.45) is 2.34. The van der Waals surface area contributed by atoms with Crippen molar-refractivity contribution in [3.05, 3.63) is 124 Å². The molecule has 5 aromatic carbocycles. The van der Waals surface area contributed by atoms with Gasteiger partial charge in [-0.25, -0.2) is 0 Å². The van der Waals surface area contributed by atoms with E-state index >= 15 is 0 Å². The number of likely N-dealkylation sites (N-methyl/N-ethyl adjacent to an activating group) is 1. The number of nitrogens with one attached hydrogen (secondary N) is 1. The summed E-state index contributed by atoms with van der Waals surface area (Å²) < 4.78 is 52.7. The summed E-state index contributed by atoms with van der Waals surface area (Å²) in [5.74, 6) is 0.774. The minimum absolute atomic E-state index is 0.0286. The van der Waals surface area contributed by atoms with Crippen molar-refractivity contribution in [1.82, 2.24) is 0 Å². The van der Waals surface area contributed by atoms with Crippen LogP contribution in [-0.2, 0) is 59.3 Å². The van der Waals surface area contributed by atoms with E-state index in [1.165, 1.54) is 17.9 Å². The number of anilines is 5. The number of carbonyl (C=O) groups is 4. The van der Waals surface area contributed by atoms with Gasteiger partial charge in [-0.3, -0.25) is 19.2 Å². The smallest absolute Gasteiger partial charge is 0.309 e. The number of methoxy groups -OCH3 is 4. The molecule has 3 atom stereocenters. The molecule has 5 aromatic rings. The zero-order valence-electron chi connectivity index (χ0n) is 49.5. The molecule has 2 amide bonds. The molecule has 0 saturated carbocycles. The number of para-hydroxylation sites is 2. The van der Waals surface area contributed by atoms with Gasteiger partial charge in [0, 0.05) is 93.1 Å². The fourth-order valence-electron chi connectivity index (χ4n) is 11.3. The van der Waals surface area contributed by atoms with Gasteiger partial charge in [0.05, 0.1) is 94.9 Å². The number of ketones is 1. The number of ether oxygens (including phenoxy) is 9. The lowest BCUT2D eigenvalue weighted by Crippen LogP contribution is -2.41. The largest absolute Gasteiger partial charge is 0.493 e. The number of amides is 2. The number of Topliss-reactive ketones (excluding diaryl/α,β-unsaturated/α-hetero) is 1. The first kappa shape index (κ1) is 61.9. The summed E-state index contributed by atoms with van der Waals surface area (Å²) in [6, 6.07) is 29.6. The van der Waals surface area contributed by atoms with Crippen molar-refractivity contribution in [1.29, 1.82) is 0 Å². The van der Waals surface area contributed by atoms with Crippen molar-refractivity contribution in [3.63, 3.8) is 0 Å². The van der Waals surface area contributed by atoms with Gasteiger partial charge in [-0.15, -0.1) is 0 Å². The number of fused-ring (bicyclic) bond motifs is 8. The normalized spacial score (nSPS) is 16.3. The van der Waals surface area contributed by atoms with E-state index < -0.39 is 16.6 Å². The van der Waals surface area contributed by atoms with E-state index in [9.17, 15) is 19.2 Å². The fourth-order valence-corrected chi connectivity index (χ4v) is 14.1. The van der Waals surface area contributed by atoms with Crippen LogP contribution in [0.1, 0.15) is 76.6 Å². The molecule has 84 heavy (non-hydrogen) atoms. The number of esters is 1. The van der Waals surface area contributed by atoms with Crippen LogP contribution in [0.25, 0.3) is 0 Å². The van der Waals surface area contributed by atoms with Crippen molar-refractivity contribution in [2.75, 3.05) is 139 Å². The zero-order valence-corrected chi connectivity index (χ0v) is 51.2. The lowest BCUT2D eigenvalue weighted by Gasteiger charge is -2.34. The summed E-state index contributed by atoms with van der Waals surface area (Å²) in [7, 11) is 11.3. The van der Waals surface area contributed by atoms with Gasteiger partial charge < -0.3 is 67.5 Å². The minimum atomic E-state index is -0.630. The Morgan fingerprint density at radius 3 is 1.96 bits per heavy atom. The SMILES string of the molecule is CCCOCC(=O)CC(CSSC(C)(C)CN(CCOCCOCCOC)c1cc(COc2cc3c(cc2OC)C(=O)N2c4ccccc4C[C@H]2CN3)cc(COc2cc3c(cc2OC)C(=O)N2c4ccccc4C[C@H]2CN3C)c1)C(=O)OC. The van der Waals surface area contributed by atoms with E-state index in [0.29, 0.717) is 111 Å². The van der Waals surface area contributed by atoms with Gasteiger partial charge in [0.1, 0.15) is 19.8 Å². The fraction of sp³-hybridized carbons (Fsp3) is 0.469. The Labute approximate surface area is 501 Å². The summed E-state index contributed by atoms with van der Waals surface area (Å²) in [6.45, 7) is 11.3. The van der Waals surface area contributed by atoms with Crippen LogP contribution in [0.5, 0.6) is 23.0 Å². The lowest BCUT2D eigenvalue weighted by atomic mass is 10.1.